The zero-order chi connectivity index (χ0) is 10.2. The molecule has 1 rings (SSSR count). The van der Waals surface area contributed by atoms with Gasteiger partial charge < -0.3 is 15.5 Å². The lowest BCUT2D eigenvalue weighted by molar-refractivity contribution is -0.121. The molecule has 5 heteroatoms. The second-order valence-electron chi connectivity index (χ2n) is 3.01. The molecule has 72 valence electrons. The van der Waals surface area contributed by atoms with Crippen molar-refractivity contribution in [2.45, 2.75) is 26.0 Å². The molecule has 0 bridgehead atoms. The van der Waals surface area contributed by atoms with Crippen LogP contribution in [0.15, 0.2) is 11.3 Å². The van der Waals surface area contributed by atoms with Crippen molar-refractivity contribution in [2.75, 3.05) is 0 Å². The lowest BCUT2D eigenvalue weighted by Crippen LogP contribution is -2.37. The smallest absolute Gasteiger partial charge is 0.259 e. The van der Waals surface area contributed by atoms with E-state index in [-0.39, 0.29) is 11.3 Å². The van der Waals surface area contributed by atoms with Crippen LogP contribution in [0, 0.1) is 0 Å². The number of aliphatic hydroxyl groups excluding tert-OH is 2. The summed E-state index contributed by atoms with van der Waals surface area (Å²) in [4.78, 5) is 22.0. The van der Waals surface area contributed by atoms with Gasteiger partial charge in [-0.1, -0.05) is 0 Å². The van der Waals surface area contributed by atoms with Crippen LogP contribution in [0.4, 0.5) is 0 Å². The molecule has 0 aromatic rings. The van der Waals surface area contributed by atoms with Crippen molar-refractivity contribution >= 4 is 11.7 Å². The summed E-state index contributed by atoms with van der Waals surface area (Å²) in [5.74, 6) is -1.50. The van der Waals surface area contributed by atoms with Crippen molar-refractivity contribution in [1.82, 2.24) is 5.32 Å². The van der Waals surface area contributed by atoms with E-state index in [1.54, 1.807) is 0 Å². The lowest BCUT2D eigenvalue weighted by Gasteiger charge is -2.13. The number of ketones is 1. The number of carbonyl (C=O) groups is 2. The molecule has 0 fully saturated rings. The van der Waals surface area contributed by atoms with E-state index in [1.807, 2.05) is 0 Å². The molecule has 0 saturated carbocycles. The van der Waals surface area contributed by atoms with E-state index in [4.69, 9.17) is 5.11 Å². The molecular weight excluding hydrogens is 174 g/mol. The Balaban J connectivity index is 3.04. The maximum absolute atomic E-state index is 11.1. The van der Waals surface area contributed by atoms with E-state index in [2.05, 4.69) is 5.32 Å². The topological polar surface area (TPSA) is 86.6 Å². The van der Waals surface area contributed by atoms with E-state index in [9.17, 15) is 14.7 Å². The van der Waals surface area contributed by atoms with Crippen LogP contribution in [-0.4, -0.2) is 34.0 Å². The first-order valence-corrected chi connectivity index (χ1v) is 3.88. The van der Waals surface area contributed by atoms with Gasteiger partial charge in [-0.2, -0.15) is 0 Å². The number of hydrogen-bond acceptors (Lipinski definition) is 4. The molecule has 0 aromatic heterocycles. The van der Waals surface area contributed by atoms with Crippen LogP contribution in [0.25, 0.3) is 0 Å². The second kappa shape index (κ2) is 3.18. The molecule has 2 atom stereocenters. The summed E-state index contributed by atoms with van der Waals surface area (Å²) >= 11 is 0. The Hall–Kier alpha value is -1.36. The van der Waals surface area contributed by atoms with Crippen LogP contribution < -0.4 is 5.32 Å². The molecule has 0 saturated heterocycles. The normalized spacial score (nSPS) is 24.5. The summed E-state index contributed by atoms with van der Waals surface area (Å²) in [7, 11) is 0. The predicted molar refractivity (Wildman–Crippen MR) is 43.9 cm³/mol. The Bertz CT molecular complexity index is 293. The third kappa shape index (κ3) is 1.55. The van der Waals surface area contributed by atoms with Crippen molar-refractivity contribution in [1.29, 1.82) is 0 Å². The summed E-state index contributed by atoms with van der Waals surface area (Å²) in [5, 5.41) is 20.8. The summed E-state index contributed by atoms with van der Waals surface area (Å²) in [6, 6.07) is -0.855. The fraction of sp³-hybridized carbons (Fsp3) is 0.500. The summed E-state index contributed by atoms with van der Waals surface area (Å²) < 4.78 is 0. The van der Waals surface area contributed by atoms with Crippen LogP contribution >= 0.6 is 0 Å². The Kier molecular flexibility index (Phi) is 2.38. The number of nitrogens with one attached hydrogen (secondary N) is 1. The third-order valence-electron chi connectivity index (χ3n) is 1.90. The van der Waals surface area contributed by atoms with Crippen LogP contribution in [-0.2, 0) is 9.59 Å². The molecule has 1 aliphatic rings. The standard InChI is InChI=1S/C8H11NO4/c1-3(10)5-7(12)6(4(2)11)9-8(5)13/h4,6,11-12H,1-2H3,(H,9,13). The fourth-order valence-corrected chi connectivity index (χ4v) is 1.24. The van der Waals surface area contributed by atoms with Gasteiger partial charge in [-0.05, 0) is 13.8 Å². The maximum Gasteiger partial charge on any atom is 0.259 e. The Morgan fingerprint density at radius 1 is 1.62 bits per heavy atom. The van der Waals surface area contributed by atoms with Gasteiger partial charge in [0.1, 0.15) is 17.4 Å². The first kappa shape index (κ1) is 9.73. The van der Waals surface area contributed by atoms with Gasteiger partial charge in [-0.25, -0.2) is 0 Å². The average molecular weight is 185 g/mol. The highest BCUT2D eigenvalue weighted by molar-refractivity contribution is 6.20. The molecule has 0 aliphatic carbocycles. The highest BCUT2D eigenvalue weighted by Crippen LogP contribution is 2.17. The minimum Gasteiger partial charge on any atom is -0.509 e. The molecule has 5 nitrogen and oxygen atoms in total. The van der Waals surface area contributed by atoms with Gasteiger partial charge in [0.2, 0.25) is 0 Å². The molecular formula is C8H11NO4. The summed E-state index contributed by atoms with van der Waals surface area (Å²) in [5.41, 5.74) is -0.258. The number of aliphatic hydroxyl groups is 2. The number of amides is 1. The largest absolute Gasteiger partial charge is 0.509 e. The molecule has 13 heavy (non-hydrogen) atoms. The van der Waals surface area contributed by atoms with E-state index in [1.165, 1.54) is 13.8 Å². The van der Waals surface area contributed by atoms with Crippen molar-refractivity contribution in [3.63, 3.8) is 0 Å². The summed E-state index contributed by atoms with van der Waals surface area (Å²) in [6.45, 7) is 2.61. The third-order valence-corrected chi connectivity index (χ3v) is 1.90. The number of carbonyl (C=O) groups excluding carboxylic acids is 2. The van der Waals surface area contributed by atoms with Crippen LogP contribution in [0.3, 0.4) is 0 Å². The molecule has 0 spiro atoms. The molecule has 1 heterocycles. The van der Waals surface area contributed by atoms with Gasteiger partial charge in [0.05, 0.1) is 6.10 Å². The van der Waals surface area contributed by atoms with E-state index in [0.29, 0.717) is 0 Å². The maximum atomic E-state index is 11.1. The average Bonchev–Trinajstić information content (AvgIpc) is 2.26. The van der Waals surface area contributed by atoms with Crippen LogP contribution in [0.1, 0.15) is 13.8 Å². The monoisotopic (exact) mass is 185 g/mol. The zero-order valence-electron chi connectivity index (χ0n) is 7.37. The minimum atomic E-state index is -0.916. The van der Waals surface area contributed by atoms with Gasteiger partial charge in [-0.15, -0.1) is 0 Å². The zero-order valence-corrected chi connectivity index (χ0v) is 7.37. The van der Waals surface area contributed by atoms with E-state index in [0.717, 1.165) is 0 Å². The van der Waals surface area contributed by atoms with Crippen LogP contribution in [0.5, 0.6) is 0 Å². The first-order valence-electron chi connectivity index (χ1n) is 3.88. The van der Waals surface area contributed by atoms with Crippen molar-refractivity contribution in [3.8, 4) is 0 Å². The van der Waals surface area contributed by atoms with Gasteiger partial charge in [0, 0.05) is 0 Å². The SMILES string of the molecule is CC(=O)C1=C(O)C(C(C)O)NC1=O. The van der Waals surface area contributed by atoms with Gasteiger partial charge in [-0.3, -0.25) is 9.59 Å². The first-order chi connectivity index (χ1) is 5.95. The number of rotatable bonds is 2. The number of hydrogen-bond donors (Lipinski definition) is 3. The van der Waals surface area contributed by atoms with Crippen LogP contribution in [0.2, 0.25) is 0 Å². The number of Topliss-reactive ketones (excluding diaryl/α,β-unsaturated/α-hetero) is 1. The lowest BCUT2D eigenvalue weighted by atomic mass is 10.1. The van der Waals surface area contributed by atoms with Crippen molar-refractivity contribution in [2.24, 2.45) is 0 Å². The summed E-state index contributed by atoms with van der Waals surface area (Å²) in [6.07, 6.45) is -0.916. The highest BCUT2D eigenvalue weighted by Gasteiger charge is 2.36. The second-order valence-corrected chi connectivity index (χ2v) is 3.01. The van der Waals surface area contributed by atoms with E-state index < -0.39 is 23.8 Å². The van der Waals surface area contributed by atoms with E-state index >= 15 is 0 Å². The van der Waals surface area contributed by atoms with Gasteiger partial charge in [0.15, 0.2) is 5.78 Å². The quantitative estimate of drug-likeness (QED) is 0.495. The van der Waals surface area contributed by atoms with Gasteiger partial charge >= 0.3 is 0 Å². The molecule has 1 amide bonds. The molecule has 0 aromatic carbocycles. The Labute approximate surface area is 75.1 Å². The molecule has 1 aliphatic heterocycles. The minimum absolute atomic E-state index is 0.258. The van der Waals surface area contributed by atoms with Crippen molar-refractivity contribution < 1.29 is 19.8 Å². The molecule has 3 N–H and O–H groups in total. The Morgan fingerprint density at radius 3 is 2.38 bits per heavy atom. The molecule has 2 unspecified atom stereocenters. The van der Waals surface area contributed by atoms with Crippen molar-refractivity contribution in [3.05, 3.63) is 11.3 Å². The highest BCUT2D eigenvalue weighted by atomic mass is 16.3. The molecule has 0 radical (unpaired) electrons. The fourth-order valence-electron chi connectivity index (χ4n) is 1.24. The predicted octanol–water partition coefficient (Wildman–Crippen LogP) is -0.733. The van der Waals surface area contributed by atoms with Gasteiger partial charge in [0.25, 0.3) is 5.91 Å². The Morgan fingerprint density at radius 2 is 2.15 bits per heavy atom.